The van der Waals surface area contributed by atoms with E-state index in [9.17, 15) is 8.42 Å². The molecule has 0 atom stereocenters. The summed E-state index contributed by atoms with van der Waals surface area (Å²) in [6, 6.07) is 11.6. The van der Waals surface area contributed by atoms with Crippen molar-refractivity contribution in [3.05, 3.63) is 63.4 Å². The standard InChI is InChI=1S/C19H16Cl3N3O3S/c20-14-3-1-2-13(10-14)18-23-19(28-24-18)12-6-8-25(9-7-12)29(26,27)17-11-15(21)4-5-16(17)22/h1-5,10-12H,6-9H2. The fourth-order valence-electron chi connectivity index (χ4n) is 3.30. The summed E-state index contributed by atoms with van der Waals surface area (Å²) in [5.41, 5.74) is 0.767. The molecule has 0 bridgehead atoms. The Labute approximate surface area is 183 Å². The Kier molecular flexibility index (Phi) is 5.86. The molecule has 1 fully saturated rings. The highest BCUT2D eigenvalue weighted by atomic mass is 35.5. The summed E-state index contributed by atoms with van der Waals surface area (Å²) in [7, 11) is -3.73. The maximum absolute atomic E-state index is 12.9. The number of rotatable bonds is 4. The van der Waals surface area contributed by atoms with Gasteiger partial charge in [0.2, 0.25) is 21.7 Å². The van der Waals surface area contributed by atoms with Crippen molar-refractivity contribution in [3.8, 4) is 11.4 Å². The summed E-state index contributed by atoms with van der Waals surface area (Å²) in [5.74, 6) is 0.942. The van der Waals surface area contributed by atoms with Gasteiger partial charge in [0, 0.05) is 34.6 Å². The third-order valence-electron chi connectivity index (χ3n) is 4.84. The van der Waals surface area contributed by atoms with Crippen molar-refractivity contribution >= 4 is 44.8 Å². The first kappa shape index (κ1) is 20.6. The van der Waals surface area contributed by atoms with Crippen LogP contribution in [-0.4, -0.2) is 36.0 Å². The van der Waals surface area contributed by atoms with Crippen LogP contribution in [0.3, 0.4) is 0 Å². The predicted molar refractivity (Wildman–Crippen MR) is 112 cm³/mol. The second-order valence-electron chi connectivity index (χ2n) is 6.72. The molecular formula is C19H16Cl3N3O3S. The quantitative estimate of drug-likeness (QED) is 0.517. The summed E-state index contributed by atoms with van der Waals surface area (Å²) in [6.45, 7) is 0.648. The minimum absolute atomic E-state index is 0.0169. The van der Waals surface area contributed by atoms with E-state index in [4.69, 9.17) is 39.3 Å². The van der Waals surface area contributed by atoms with Gasteiger partial charge in [-0.15, -0.1) is 0 Å². The number of benzene rings is 2. The van der Waals surface area contributed by atoms with Gasteiger partial charge in [0.15, 0.2) is 0 Å². The van der Waals surface area contributed by atoms with Crippen LogP contribution >= 0.6 is 34.8 Å². The molecule has 2 heterocycles. The van der Waals surface area contributed by atoms with Gasteiger partial charge in [0.05, 0.1) is 5.02 Å². The summed E-state index contributed by atoms with van der Waals surface area (Å²) in [4.78, 5) is 4.49. The lowest BCUT2D eigenvalue weighted by atomic mass is 9.98. The summed E-state index contributed by atoms with van der Waals surface area (Å²) < 4.78 is 32.7. The molecule has 1 saturated heterocycles. The molecule has 0 saturated carbocycles. The van der Waals surface area contributed by atoms with Gasteiger partial charge in [-0.3, -0.25) is 0 Å². The zero-order valence-electron chi connectivity index (χ0n) is 15.1. The molecule has 3 aromatic rings. The SMILES string of the molecule is O=S(=O)(c1cc(Cl)ccc1Cl)N1CCC(c2nc(-c3cccc(Cl)c3)no2)CC1. The molecule has 0 spiro atoms. The minimum Gasteiger partial charge on any atom is -0.339 e. The van der Waals surface area contributed by atoms with Crippen molar-refractivity contribution in [2.45, 2.75) is 23.7 Å². The van der Waals surface area contributed by atoms with E-state index in [0.29, 0.717) is 47.7 Å². The highest BCUT2D eigenvalue weighted by Crippen LogP contribution is 2.33. The average molecular weight is 473 g/mol. The Balaban J connectivity index is 1.48. The van der Waals surface area contributed by atoms with E-state index in [1.165, 1.54) is 16.4 Å². The Bertz CT molecular complexity index is 1140. The van der Waals surface area contributed by atoms with E-state index >= 15 is 0 Å². The molecule has 0 amide bonds. The van der Waals surface area contributed by atoms with Gasteiger partial charge in [-0.05, 0) is 43.2 Å². The summed E-state index contributed by atoms with van der Waals surface area (Å²) >= 11 is 18.1. The summed E-state index contributed by atoms with van der Waals surface area (Å²) in [6.07, 6.45) is 1.13. The zero-order chi connectivity index (χ0) is 20.6. The smallest absolute Gasteiger partial charge is 0.244 e. The molecule has 29 heavy (non-hydrogen) atoms. The van der Waals surface area contributed by atoms with Crippen LogP contribution in [0.1, 0.15) is 24.7 Å². The number of nitrogens with zero attached hydrogens (tertiary/aromatic N) is 3. The van der Waals surface area contributed by atoms with Gasteiger partial charge < -0.3 is 4.52 Å². The van der Waals surface area contributed by atoms with Crippen molar-refractivity contribution in [2.75, 3.05) is 13.1 Å². The van der Waals surface area contributed by atoms with E-state index in [2.05, 4.69) is 10.1 Å². The third kappa shape index (κ3) is 4.29. The number of halogens is 3. The number of hydrogen-bond donors (Lipinski definition) is 0. The van der Waals surface area contributed by atoms with E-state index in [1.54, 1.807) is 18.2 Å². The topological polar surface area (TPSA) is 76.3 Å². The van der Waals surface area contributed by atoms with Gasteiger partial charge >= 0.3 is 0 Å². The van der Waals surface area contributed by atoms with Gasteiger partial charge in [0.1, 0.15) is 4.90 Å². The predicted octanol–water partition coefficient (Wildman–Crippen LogP) is 5.27. The lowest BCUT2D eigenvalue weighted by molar-refractivity contribution is 0.271. The van der Waals surface area contributed by atoms with Crippen molar-refractivity contribution in [1.29, 1.82) is 0 Å². The van der Waals surface area contributed by atoms with Crippen LogP contribution in [-0.2, 0) is 10.0 Å². The van der Waals surface area contributed by atoms with Crippen LogP contribution in [0.5, 0.6) is 0 Å². The molecule has 1 aliphatic rings. The van der Waals surface area contributed by atoms with Gasteiger partial charge in [0.25, 0.3) is 0 Å². The first-order valence-corrected chi connectivity index (χ1v) is 11.5. The molecule has 2 aromatic carbocycles. The molecular weight excluding hydrogens is 457 g/mol. The van der Waals surface area contributed by atoms with Gasteiger partial charge in [-0.2, -0.15) is 9.29 Å². The van der Waals surface area contributed by atoms with E-state index in [0.717, 1.165) is 5.56 Å². The molecule has 1 aromatic heterocycles. The molecule has 0 radical (unpaired) electrons. The first-order valence-electron chi connectivity index (χ1n) is 8.89. The van der Waals surface area contributed by atoms with Crippen LogP contribution in [0, 0.1) is 0 Å². The molecule has 0 aliphatic carbocycles. The Morgan fingerprint density at radius 1 is 1.00 bits per heavy atom. The molecule has 6 nitrogen and oxygen atoms in total. The Hall–Kier alpha value is -1.64. The molecule has 0 unspecified atom stereocenters. The third-order valence-corrected chi connectivity index (χ3v) is 7.69. The number of piperidine rings is 1. The Morgan fingerprint density at radius 3 is 2.45 bits per heavy atom. The molecule has 10 heteroatoms. The van der Waals surface area contributed by atoms with E-state index in [1.807, 2.05) is 12.1 Å². The lowest BCUT2D eigenvalue weighted by Crippen LogP contribution is -2.38. The molecule has 152 valence electrons. The van der Waals surface area contributed by atoms with Crippen molar-refractivity contribution < 1.29 is 12.9 Å². The van der Waals surface area contributed by atoms with Crippen LogP contribution in [0.2, 0.25) is 15.1 Å². The largest absolute Gasteiger partial charge is 0.339 e. The zero-order valence-corrected chi connectivity index (χ0v) is 18.1. The van der Waals surface area contributed by atoms with Crippen molar-refractivity contribution in [3.63, 3.8) is 0 Å². The number of sulfonamides is 1. The van der Waals surface area contributed by atoms with Crippen LogP contribution in [0.25, 0.3) is 11.4 Å². The number of aromatic nitrogens is 2. The molecule has 1 aliphatic heterocycles. The van der Waals surface area contributed by atoms with Crippen molar-refractivity contribution in [1.82, 2.24) is 14.4 Å². The van der Waals surface area contributed by atoms with Crippen LogP contribution in [0.4, 0.5) is 0 Å². The molecule has 0 N–H and O–H groups in total. The second kappa shape index (κ2) is 8.24. The lowest BCUT2D eigenvalue weighted by Gasteiger charge is -2.29. The average Bonchev–Trinajstić information content (AvgIpc) is 3.20. The first-order chi connectivity index (χ1) is 13.8. The maximum Gasteiger partial charge on any atom is 0.244 e. The monoisotopic (exact) mass is 471 g/mol. The molecule has 4 rings (SSSR count). The fraction of sp³-hybridized carbons (Fsp3) is 0.263. The van der Waals surface area contributed by atoms with Crippen molar-refractivity contribution in [2.24, 2.45) is 0 Å². The Morgan fingerprint density at radius 2 is 1.72 bits per heavy atom. The number of hydrogen-bond acceptors (Lipinski definition) is 5. The fourth-order valence-corrected chi connectivity index (χ4v) is 5.70. The van der Waals surface area contributed by atoms with E-state index < -0.39 is 10.0 Å². The normalized spacial score (nSPS) is 16.2. The summed E-state index contributed by atoms with van der Waals surface area (Å²) in [5, 5.41) is 5.09. The van der Waals surface area contributed by atoms with E-state index in [-0.39, 0.29) is 15.8 Å². The second-order valence-corrected chi connectivity index (χ2v) is 9.91. The maximum atomic E-state index is 12.9. The van der Waals surface area contributed by atoms with Crippen LogP contribution in [0.15, 0.2) is 51.9 Å². The highest BCUT2D eigenvalue weighted by molar-refractivity contribution is 7.89. The van der Waals surface area contributed by atoms with Gasteiger partial charge in [-0.1, -0.05) is 52.1 Å². The highest BCUT2D eigenvalue weighted by Gasteiger charge is 2.33. The minimum atomic E-state index is -3.73. The van der Waals surface area contributed by atoms with Gasteiger partial charge in [-0.25, -0.2) is 8.42 Å². The van der Waals surface area contributed by atoms with Crippen LogP contribution < -0.4 is 0 Å².